The van der Waals surface area contributed by atoms with Gasteiger partial charge in [-0.2, -0.15) is 0 Å². The van der Waals surface area contributed by atoms with Crippen LogP contribution in [0.2, 0.25) is 5.02 Å². The SMILES string of the molecule is CC1(C)CC(=O)C2=C(C1)OC1=C(C(=O)CC(C)(C)C1)C2c1cccc(OCC(=O)Nc2ccc(Cl)cc2)c1. The van der Waals surface area contributed by atoms with E-state index in [1.807, 2.05) is 18.2 Å². The number of ether oxygens (including phenoxy) is 2. The maximum atomic E-state index is 13.5. The fourth-order valence-corrected chi connectivity index (χ4v) is 5.80. The van der Waals surface area contributed by atoms with Crippen LogP contribution in [-0.2, 0) is 19.1 Å². The summed E-state index contributed by atoms with van der Waals surface area (Å²) in [6.07, 6.45) is 2.07. The van der Waals surface area contributed by atoms with Crippen LogP contribution in [0, 0.1) is 10.8 Å². The third-order valence-electron chi connectivity index (χ3n) is 7.27. The van der Waals surface area contributed by atoms with Crippen molar-refractivity contribution in [3.05, 3.63) is 81.8 Å². The van der Waals surface area contributed by atoms with Gasteiger partial charge in [-0.25, -0.2) is 0 Å². The molecule has 0 radical (unpaired) electrons. The van der Waals surface area contributed by atoms with Crippen molar-refractivity contribution in [2.24, 2.45) is 10.8 Å². The second kappa shape index (κ2) is 9.73. The molecule has 1 heterocycles. The summed E-state index contributed by atoms with van der Waals surface area (Å²) in [6, 6.07) is 14.1. The van der Waals surface area contributed by atoms with E-state index in [9.17, 15) is 14.4 Å². The van der Waals surface area contributed by atoms with Crippen molar-refractivity contribution in [3.63, 3.8) is 0 Å². The van der Waals surface area contributed by atoms with Gasteiger partial charge in [0.15, 0.2) is 18.2 Å². The van der Waals surface area contributed by atoms with Gasteiger partial charge < -0.3 is 14.8 Å². The summed E-state index contributed by atoms with van der Waals surface area (Å²) < 4.78 is 12.2. The van der Waals surface area contributed by atoms with Gasteiger partial charge in [0, 0.05) is 53.5 Å². The zero-order valence-corrected chi connectivity index (χ0v) is 22.9. The van der Waals surface area contributed by atoms with Gasteiger partial charge in [0.05, 0.1) is 0 Å². The largest absolute Gasteiger partial charge is 0.484 e. The quantitative estimate of drug-likeness (QED) is 0.459. The summed E-state index contributed by atoms with van der Waals surface area (Å²) in [7, 11) is 0. The smallest absolute Gasteiger partial charge is 0.262 e. The molecule has 5 rings (SSSR count). The van der Waals surface area contributed by atoms with E-state index in [0.717, 1.165) is 5.56 Å². The number of hydrogen-bond donors (Lipinski definition) is 1. The third kappa shape index (κ3) is 5.41. The molecule has 2 aromatic rings. The second-order valence-electron chi connectivity index (χ2n) is 12.0. The first-order valence-electron chi connectivity index (χ1n) is 12.9. The molecule has 198 valence electrons. The van der Waals surface area contributed by atoms with Gasteiger partial charge in [-0.3, -0.25) is 14.4 Å². The number of carbonyl (C=O) groups is 3. The molecule has 1 aliphatic heterocycles. The van der Waals surface area contributed by atoms with Crippen molar-refractivity contribution < 1.29 is 23.9 Å². The maximum Gasteiger partial charge on any atom is 0.262 e. The lowest BCUT2D eigenvalue weighted by Crippen LogP contribution is -2.37. The number of ketones is 2. The highest BCUT2D eigenvalue weighted by atomic mass is 35.5. The first-order valence-corrected chi connectivity index (χ1v) is 13.3. The Labute approximate surface area is 228 Å². The van der Waals surface area contributed by atoms with E-state index in [1.165, 1.54) is 0 Å². The molecule has 0 atom stereocenters. The molecule has 6 nitrogen and oxygen atoms in total. The van der Waals surface area contributed by atoms with E-state index in [0.29, 0.717) is 64.8 Å². The molecule has 7 heteroatoms. The van der Waals surface area contributed by atoms with Crippen LogP contribution < -0.4 is 10.1 Å². The first kappa shape index (κ1) is 26.2. The second-order valence-corrected chi connectivity index (χ2v) is 12.4. The van der Waals surface area contributed by atoms with Crippen molar-refractivity contribution in [1.29, 1.82) is 0 Å². The Balaban J connectivity index is 1.44. The molecule has 1 amide bonds. The van der Waals surface area contributed by atoms with Crippen LogP contribution in [0.15, 0.2) is 71.2 Å². The molecular weight excluding hydrogens is 502 g/mol. The van der Waals surface area contributed by atoms with E-state index in [4.69, 9.17) is 21.1 Å². The highest BCUT2D eigenvalue weighted by molar-refractivity contribution is 6.30. The van der Waals surface area contributed by atoms with E-state index < -0.39 is 5.92 Å². The number of anilines is 1. The standard InChI is InChI=1S/C31H32ClNO5/c1-30(2)13-22(34)28-24(15-30)38-25-16-31(3,4)14-23(35)29(25)27(28)18-6-5-7-21(12-18)37-17-26(36)33-20-10-8-19(32)9-11-20/h5-12,27H,13-17H2,1-4H3,(H,33,36). The summed E-state index contributed by atoms with van der Waals surface area (Å²) >= 11 is 5.91. The lowest BCUT2D eigenvalue weighted by Gasteiger charge is -2.42. The average Bonchev–Trinajstić information content (AvgIpc) is 2.81. The molecule has 3 aliphatic rings. The first-order chi connectivity index (χ1) is 17.9. The summed E-state index contributed by atoms with van der Waals surface area (Å²) in [4.78, 5) is 39.4. The number of halogens is 1. The van der Waals surface area contributed by atoms with Gasteiger partial charge in [-0.05, 0) is 52.8 Å². The minimum Gasteiger partial charge on any atom is -0.484 e. The minimum atomic E-state index is -0.507. The number of amides is 1. The zero-order chi connectivity index (χ0) is 27.2. The van der Waals surface area contributed by atoms with Crippen LogP contribution in [0.4, 0.5) is 5.69 Å². The van der Waals surface area contributed by atoms with Crippen LogP contribution in [0.3, 0.4) is 0 Å². The van der Waals surface area contributed by atoms with Gasteiger partial charge in [0.1, 0.15) is 17.3 Å². The monoisotopic (exact) mass is 533 g/mol. The molecule has 2 aromatic carbocycles. The Bertz CT molecular complexity index is 1330. The number of benzene rings is 2. The number of Topliss-reactive ketones (excluding diaryl/α,β-unsaturated/α-hetero) is 2. The Morgan fingerprint density at radius 3 is 2.08 bits per heavy atom. The predicted molar refractivity (Wildman–Crippen MR) is 146 cm³/mol. The summed E-state index contributed by atoms with van der Waals surface area (Å²) in [5.74, 6) is 1.04. The molecule has 0 bridgehead atoms. The third-order valence-corrected chi connectivity index (χ3v) is 7.52. The highest BCUT2D eigenvalue weighted by Crippen LogP contribution is 2.53. The van der Waals surface area contributed by atoms with Crippen molar-refractivity contribution in [1.82, 2.24) is 0 Å². The fraction of sp³-hybridized carbons (Fsp3) is 0.387. The van der Waals surface area contributed by atoms with E-state index >= 15 is 0 Å². The van der Waals surface area contributed by atoms with Crippen molar-refractivity contribution >= 4 is 34.8 Å². The van der Waals surface area contributed by atoms with Crippen molar-refractivity contribution in [3.8, 4) is 5.75 Å². The van der Waals surface area contributed by atoms with Crippen molar-refractivity contribution in [2.45, 2.75) is 59.3 Å². The summed E-state index contributed by atoms with van der Waals surface area (Å²) in [6.45, 7) is 8.07. The molecule has 0 saturated heterocycles. The summed E-state index contributed by atoms with van der Waals surface area (Å²) in [5.41, 5.74) is 2.13. The van der Waals surface area contributed by atoms with Gasteiger partial charge in [-0.15, -0.1) is 0 Å². The van der Waals surface area contributed by atoms with Gasteiger partial charge in [0.2, 0.25) is 0 Å². The lowest BCUT2D eigenvalue weighted by atomic mass is 9.65. The number of hydrogen-bond acceptors (Lipinski definition) is 5. The fourth-order valence-electron chi connectivity index (χ4n) is 5.67. The topological polar surface area (TPSA) is 81.7 Å². The highest BCUT2D eigenvalue weighted by Gasteiger charge is 2.47. The molecule has 1 N–H and O–H groups in total. The van der Waals surface area contributed by atoms with Crippen LogP contribution in [0.1, 0.15) is 64.9 Å². The number of nitrogens with one attached hydrogen (secondary N) is 1. The molecule has 2 aliphatic carbocycles. The molecule has 0 aromatic heterocycles. The Morgan fingerprint density at radius 1 is 0.921 bits per heavy atom. The molecule has 0 spiro atoms. The number of rotatable bonds is 5. The number of carbonyl (C=O) groups excluding carboxylic acids is 3. The average molecular weight is 534 g/mol. The Kier molecular flexibility index (Phi) is 6.72. The normalized spacial score (nSPS) is 20.4. The zero-order valence-electron chi connectivity index (χ0n) is 22.2. The molecule has 0 saturated carbocycles. The lowest BCUT2D eigenvalue weighted by molar-refractivity contribution is -0.120. The van der Waals surface area contributed by atoms with E-state index in [-0.39, 0.29) is 34.9 Å². The van der Waals surface area contributed by atoms with Gasteiger partial charge in [0.25, 0.3) is 5.91 Å². The van der Waals surface area contributed by atoms with Crippen LogP contribution >= 0.6 is 11.6 Å². The van der Waals surface area contributed by atoms with Crippen LogP contribution in [0.5, 0.6) is 5.75 Å². The molecule has 0 fully saturated rings. The number of allylic oxidation sites excluding steroid dienone is 4. The molecule has 0 unspecified atom stereocenters. The van der Waals surface area contributed by atoms with Crippen LogP contribution in [-0.4, -0.2) is 24.1 Å². The van der Waals surface area contributed by atoms with Gasteiger partial charge >= 0.3 is 0 Å². The minimum absolute atomic E-state index is 0.0131. The van der Waals surface area contributed by atoms with E-state index in [1.54, 1.807) is 30.3 Å². The Hall–Kier alpha value is -3.38. The van der Waals surface area contributed by atoms with E-state index in [2.05, 4.69) is 33.0 Å². The summed E-state index contributed by atoms with van der Waals surface area (Å²) in [5, 5.41) is 3.36. The van der Waals surface area contributed by atoms with Gasteiger partial charge in [-0.1, -0.05) is 51.4 Å². The van der Waals surface area contributed by atoms with Crippen LogP contribution in [0.25, 0.3) is 0 Å². The van der Waals surface area contributed by atoms with Crippen molar-refractivity contribution in [2.75, 3.05) is 11.9 Å². The Morgan fingerprint density at radius 2 is 1.50 bits per heavy atom. The maximum absolute atomic E-state index is 13.5. The molecule has 38 heavy (non-hydrogen) atoms. The predicted octanol–water partition coefficient (Wildman–Crippen LogP) is 6.76. The molecular formula is C31H32ClNO5.